The van der Waals surface area contributed by atoms with Crippen LogP contribution in [-0.4, -0.2) is 56.3 Å². The third-order valence-electron chi connectivity index (χ3n) is 4.60. The zero-order valence-corrected chi connectivity index (χ0v) is 16.3. The Morgan fingerprint density at radius 3 is 2.39 bits per heavy atom. The number of hydrogen-bond acceptors (Lipinski definition) is 4. The highest BCUT2D eigenvalue weighted by Gasteiger charge is 2.28. The van der Waals surface area contributed by atoms with E-state index in [1.165, 1.54) is 16.4 Å². The lowest BCUT2D eigenvalue weighted by molar-refractivity contribution is -0.136. The fourth-order valence-electron chi connectivity index (χ4n) is 3.06. The van der Waals surface area contributed by atoms with Crippen LogP contribution in [0.5, 0.6) is 0 Å². The van der Waals surface area contributed by atoms with Gasteiger partial charge in [-0.15, -0.1) is 0 Å². The van der Waals surface area contributed by atoms with Crippen molar-refractivity contribution in [2.75, 3.05) is 32.8 Å². The summed E-state index contributed by atoms with van der Waals surface area (Å²) in [5, 5.41) is 0. The van der Waals surface area contributed by atoms with E-state index < -0.39 is 15.8 Å². The molecule has 1 heterocycles. The molecule has 0 atom stereocenters. The molecule has 1 aliphatic rings. The van der Waals surface area contributed by atoms with E-state index >= 15 is 0 Å². The summed E-state index contributed by atoms with van der Waals surface area (Å²) in [6.07, 6.45) is 0.533. The van der Waals surface area contributed by atoms with Crippen molar-refractivity contribution in [2.24, 2.45) is 0 Å². The zero-order chi connectivity index (χ0) is 20.0. The van der Waals surface area contributed by atoms with Crippen LogP contribution in [0.1, 0.15) is 12.0 Å². The maximum atomic E-state index is 13.1. The van der Waals surface area contributed by atoms with Crippen LogP contribution in [0.3, 0.4) is 0 Å². The molecule has 0 radical (unpaired) electrons. The van der Waals surface area contributed by atoms with E-state index in [-0.39, 0.29) is 24.0 Å². The quantitative estimate of drug-likeness (QED) is 0.738. The summed E-state index contributed by atoms with van der Waals surface area (Å²) >= 11 is 0. The molecule has 1 aliphatic heterocycles. The van der Waals surface area contributed by atoms with Crippen molar-refractivity contribution in [1.82, 2.24) is 9.21 Å². The molecule has 150 valence electrons. The van der Waals surface area contributed by atoms with Gasteiger partial charge in [0.15, 0.2) is 0 Å². The van der Waals surface area contributed by atoms with Gasteiger partial charge in [-0.3, -0.25) is 4.79 Å². The minimum Gasteiger partial charge on any atom is -0.367 e. The number of amides is 1. The normalized spacial score (nSPS) is 16.0. The van der Waals surface area contributed by atoms with Crippen molar-refractivity contribution in [3.05, 3.63) is 66.0 Å². The van der Waals surface area contributed by atoms with Gasteiger partial charge >= 0.3 is 0 Å². The molecule has 6 nitrogen and oxygen atoms in total. The first-order valence-corrected chi connectivity index (χ1v) is 10.6. The summed E-state index contributed by atoms with van der Waals surface area (Å²) in [6.45, 7) is 1.60. The number of sulfonamides is 1. The van der Waals surface area contributed by atoms with Gasteiger partial charge in [0.2, 0.25) is 15.9 Å². The van der Waals surface area contributed by atoms with Crippen LogP contribution in [0.4, 0.5) is 4.39 Å². The fraction of sp³-hybridized carbons (Fsp3) is 0.350. The average molecular weight is 406 g/mol. The highest BCUT2D eigenvalue weighted by atomic mass is 32.2. The predicted molar refractivity (Wildman–Crippen MR) is 102 cm³/mol. The second-order valence-corrected chi connectivity index (χ2v) is 8.51. The van der Waals surface area contributed by atoms with Crippen molar-refractivity contribution in [3.8, 4) is 0 Å². The number of carbonyl (C=O) groups is 1. The SMILES string of the molecule is O=C(COCc1ccccc1)N1CCCN(S(=O)(=O)c2ccc(F)cc2)CC1. The molecule has 0 saturated carbocycles. The van der Waals surface area contributed by atoms with E-state index in [9.17, 15) is 17.6 Å². The topological polar surface area (TPSA) is 66.9 Å². The van der Waals surface area contributed by atoms with Gasteiger partial charge in [0.25, 0.3) is 0 Å². The summed E-state index contributed by atoms with van der Waals surface area (Å²) in [4.78, 5) is 14.1. The number of ether oxygens (including phenoxy) is 1. The molecule has 2 aromatic rings. The maximum absolute atomic E-state index is 13.1. The molecule has 3 rings (SSSR count). The van der Waals surface area contributed by atoms with Crippen LogP contribution in [0, 0.1) is 5.82 Å². The number of halogens is 1. The third-order valence-corrected chi connectivity index (χ3v) is 6.51. The van der Waals surface area contributed by atoms with Crippen molar-refractivity contribution >= 4 is 15.9 Å². The molecule has 0 aromatic heterocycles. The lowest BCUT2D eigenvalue weighted by atomic mass is 10.2. The Morgan fingerprint density at radius 2 is 1.68 bits per heavy atom. The van der Waals surface area contributed by atoms with Gasteiger partial charge in [-0.1, -0.05) is 30.3 Å². The molecule has 1 amide bonds. The van der Waals surface area contributed by atoms with Crippen molar-refractivity contribution in [1.29, 1.82) is 0 Å². The minimum atomic E-state index is -3.71. The third kappa shape index (κ3) is 5.15. The molecule has 2 aromatic carbocycles. The fourth-order valence-corrected chi connectivity index (χ4v) is 4.53. The lowest BCUT2D eigenvalue weighted by Gasteiger charge is -2.22. The maximum Gasteiger partial charge on any atom is 0.248 e. The number of benzene rings is 2. The Hall–Kier alpha value is -2.29. The molecular weight excluding hydrogens is 383 g/mol. The summed E-state index contributed by atoms with van der Waals surface area (Å²) in [7, 11) is -3.71. The van der Waals surface area contributed by atoms with Crippen LogP contribution in [0.25, 0.3) is 0 Å². The summed E-state index contributed by atoms with van der Waals surface area (Å²) < 4.78 is 45.4. The molecule has 1 saturated heterocycles. The highest BCUT2D eigenvalue weighted by Crippen LogP contribution is 2.18. The summed E-state index contributed by atoms with van der Waals surface area (Å²) in [5.74, 6) is -0.640. The Bertz CT molecular complexity index is 888. The van der Waals surface area contributed by atoms with Crippen molar-refractivity contribution < 1.29 is 22.3 Å². The second-order valence-electron chi connectivity index (χ2n) is 6.57. The first-order valence-electron chi connectivity index (χ1n) is 9.12. The van der Waals surface area contributed by atoms with Gasteiger partial charge in [0.05, 0.1) is 11.5 Å². The van der Waals surface area contributed by atoms with E-state index in [4.69, 9.17) is 4.74 Å². The molecule has 1 fully saturated rings. The van der Waals surface area contributed by atoms with Crippen LogP contribution in [0.15, 0.2) is 59.5 Å². The average Bonchev–Trinajstić information content (AvgIpc) is 2.96. The smallest absolute Gasteiger partial charge is 0.248 e. The molecule has 0 spiro atoms. The molecule has 0 unspecified atom stereocenters. The Balaban J connectivity index is 1.54. The number of nitrogens with zero attached hydrogens (tertiary/aromatic N) is 2. The van der Waals surface area contributed by atoms with Gasteiger partial charge in [0, 0.05) is 26.2 Å². The first-order chi connectivity index (χ1) is 13.5. The standard InChI is InChI=1S/C20H23FN2O4S/c21-18-7-9-19(10-8-18)28(25,26)23-12-4-11-22(13-14-23)20(24)16-27-15-17-5-2-1-3-6-17/h1-3,5-10H,4,11-16H2. The number of rotatable bonds is 6. The van der Waals surface area contributed by atoms with Gasteiger partial charge in [-0.05, 0) is 36.2 Å². The van der Waals surface area contributed by atoms with E-state index in [1.54, 1.807) is 4.90 Å². The minimum absolute atomic E-state index is 0.0421. The first kappa shape index (κ1) is 20.4. The summed E-state index contributed by atoms with van der Waals surface area (Å²) in [5.41, 5.74) is 0.989. The predicted octanol–water partition coefficient (Wildman–Crippen LogP) is 2.27. The van der Waals surface area contributed by atoms with E-state index in [1.807, 2.05) is 30.3 Å². The molecular formula is C20H23FN2O4S. The zero-order valence-electron chi connectivity index (χ0n) is 15.5. The monoisotopic (exact) mass is 406 g/mol. The largest absolute Gasteiger partial charge is 0.367 e. The van der Waals surface area contributed by atoms with Gasteiger partial charge in [0.1, 0.15) is 12.4 Å². The number of hydrogen-bond donors (Lipinski definition) is 0. The molecule has 8 heteroatoms. The molecule has 0 N–H and O–H groups in total. The van der Waals surface area contributed by atoms with Crippen LogP contribution < -0.4 is 0 Å². The van der Waals surface area contributed by atoms with E-state index in [0.29, 0.717) is 32.7 Å². The lowest BCUT2D eigenvalue weighted by Crippen LogP contribution is -2.38. The van der Waals surface area contributed by atoms with E-state index in [0.717, 1.165) is 17.7 Å². The van der Waals surface area contributed by atoms with E-state index in [2.05, 4.69) is 0 Å². The molecule has 0 bridgehead atoms. The number of carbonyl (C=O) groups excluding carboxylic acids is 1. The Labute approximate surface area is 164 Å². The van der Waals surface area contributed by atoms with Crippen LogP contribution in [0.2, 0.25) is 0 Å². The van der Waals surface area contributed by atoms with Gasteiger partial charge < -0.3 is 9.64 Å². The Kier molecular flexibility index (Phi) is 6.77. The van der Waals surface area contributed by atoms with Crippen molar-refractivity contribution in [3.63, 3.8) is 0 Å². The van der Waals surface area contributed by atoms with Crippen molar-refractivity contribution in [2.45, 2.75) is 17.9 Å². The van der Waals surface area contributed by atoms with Crippen LogP contribution in [-0.2, 0) is 26.2 Å². The molecule has 28 heavy (non-hydrogen) atoms. The second kappa shape index (κ2) is 9.27. The summed E-state index contributed by atoms with van der Waals surface area (Å²) in [6, 6.07) is 14.4. The molecule has 0 aliphatic carbocycles. The van der Waals surface area contributed by atoms with Crippen LogP contribution >= 0.6 is 0 Å². The van der Waals surface area contributed by atoms with Gasteiger partial charge in [-0.25, -0.2) is 12.8 Å². The highest BCUT2D eigenvalue weighted by molar-refractivity contribution is 7.89. The Morgan fingerprint density at radius 1 is 0.964 bits per heavy atom. The van der Waals surface area contributed by atoms with Gasteiger partial charge in [-0.2, -0.15) is 4.31 Å².